The summed E-state index contributed by atoms with van der Waals surface area (Å²) in [6.45, 7) is 4.41. The van der Waals surface area contributed by atoms with Crippen molar-refractivity contribution in [2.75, 3.05) is 0 Å². The molecule has 0 saturated carbocycles. The molecule has 0 aliphatic rings. The van der Waals surface area contributed by atoms with Gasteiger partial charge in [-0.05, 0) is 23.6 Å². The third kappa shape index (κ3) is 4.00. The van der Waals surface area contributed by atoms with Crippen LogP contribution in [0.2, 0.25) is 0 Å². The molecule has 0 aliphatic heterocycles. The van der Waals surface area contributed by atoms with Gasteiger partial charge >= 0.3 is 41.2 Å². The summed E-state index contributed by atoms with van der Waals surface area (Å²) in [4.78, 5) is 26.6. The number of nitroso groups, excluding NO2 is 2. The topological polar surface area (TPSA) is 84.6 Å². The Bertz CT molecular complexity index is 880. The second kappa shape index (κ2) is 7.57. The molecule has 24 heavy (non-hydrogen) atoms. The van der Waals surface area contributed by atoms with Gasteiger partial charge < -0.3 is 0 Å². The third-order valence-corrected chi connectivity index (χ3v) is 4.20. The number of aromatic nitrogens is 2. The van der Waals surface area contributed by atoms with Crippen LogP contribution in [-0.4, -0.2) is 9.97 Å². The molecule has 3 aromatic rings. The molecule has 2 heterocycles. The van der Waals surface area contributed by atoms with E-state index in [1.165, 1.54) is 18.4 Å². The number of fused-ring (bicyclic) bond motifs is 3. The van der Waals surface area contributed by atoms with Crippen LogP contribution in [0.25, 0.3) is 21.8 Å². The Hall–Kier alpha value is -2.21. The van der Waals surface area contributed by atoms with E-state index in [-0.39, 0.29) is 0 Å². The summed E-state index contributed by atoms with van der Waals surface area (Å²) >= 11 is -5.97. The van der Waals surface area contributed by atoms with Crippen molar-refractivity contribution >= 4 is 21.8 Å². The molecule has 0 N–H and O–H groups in total. The van der Waals surface area contributed by atoms with Gasteiger partial charge in [-0.1, -0.05) is 32.0 Å². The molecular formula is C15H14F2MoN4O2. The number of hydrogen-bond donors (Lipinski definition) is 0. The zero-order chi connectivity index (χ0) is 17.7. The SMILES string of the molecule is CC(C)c1ccnc2c1ccc1cccnc12.O=[N][Mo]([F])([F])[N]=O. The second-order valence-corrected chi connectivity index (χ2v) is 7.93. The quantitative estimate of drug-likeness (QED) is 0.335. The number of rotatable bonds is 3. The van der Waals surface area contributed by atoms with Crippen molar-refractivity contribution in [1.82, 2.24) is 9.97 Å². The average molecular weight is 416 g/mol. The van der Waals surface area contributed by atoms with E-state index in [1.54, 1.807) is 0 Å². The van der Waals surface area contributed by atoms with E-state index >= 15 is 0 Å². The van der Waals surface area contributed by atoms with Crippen LogP contribution in [-0.2, 0) is 17.6 Å². The summed E-state index contributed by atoms with van der Waals surface area (Å²) < 4.78 is 24.8. The van der Waals surface area contributed by atoms with E-state index in [0.717, 1.165) is 16.4 Å². The van der Waals surface area contributed by atoms with Gasteiger partial charge in [-0.15, -0.1) is 0 Å². The van der Waals surface area contributed by atoms with Gasteiger partial charge in [0, 0.05) is 23.2 Å². The first kappa shape index (κ1) is 18.1. The van der Waals surface area contributed by atoms with Crippen LogP contribution in [0.5, 0.6) is 0 Å². The standard InChI is InChI=1S/C15H14N2.2FH.Mo.2NO/c1-10(2)12-7-9-17-15-13(12)6-5-11-4-3-8-16-14(11)15;;;;2*1-2/h3-10H,1-2H3;2*1H;;;/q;;;+4;2*-1/p-2. The Kier molecular flexibility index (Phi) is 5.72. The molecule has 0 unspecified atom stereocenters. The summed E-state index contributed by atoms with van der Waals surface area (Å²) in [7, 11) is 0. The van der Waals surface area contributed by atoms with Gasteiger partial charge in [0.05, 0.1) is 11.0 Å². The van der Waals surface area contributed by atoms with E-state index < -0.39 is 17.6 Å². The number of pyridine rings is 2. The van der Waals surface area contributed by atoms with Crippen LogP contribution in [0.15, 0.2) is 50.2 Å². The monoisotopic (exact) mass is 418 g/mol. The van der Waals surface area contributed by atoms with Crippen LogP contribution in [0.1, 0.15) is 25.3 Å². The van der Waals surface area contributed by atoms with Crippen LogP contribution >= 0.6 is 0 Å². The van der Waals surface area contributed by atoms with Gasteiger partial charge in [0.1, 0.15) is 0 Å². The van der Waals surface area contributed by atoms with Crippen molar-refractivity contribution in [2.45, 2.75) is 19.8 Å². The maximum atomic E-state index is 11.1. The van der Waals surface area contributed by atoms with E-state index in [0.29, 0.717) is 5.92 Å². The Labute approximate surface area is 141 Å². The maximum absolute atomic E-state index is 11.1. The minimum absolute atomic E-state index is 0.502. The predicted molar refractivity (Wildman–Crippen MR) is 84.9 cm³/mol. The molecule has 0 bridgehead atoms. The van der Waals surface area contributed by atoms with Crippen molar-refractivity contribution in [3.05, 3.63) is 58.1 Å². The fourth-order valence-electron chi connectivity index (χ4n) is 2.29. The van der Waals surface area contributed by atoms with Crippen LogP contribution < -0.4 is 0 Å². The number of benzene rings is 1. The molecule has 0 saturated heterocycles. The fourth-order valence-corrected chi connectivity index (χ4v) is 2.36. The first-order valence-corrected chi connectivity index (χ1v) is 10.2. The van der Waals surface area contributed by atoms with Gasteiger partial charge in [-0.25, -0.2) is 0 Å². The summed E-state index contributed by atoms with van der Waals surface area (Å²) in [6, 6.07) is 10.4. The molecule has 2 aromatic heterocycles. The van der Waals surface area contributed by atoms with Gasteiger partial charge in [0.25, 0.3) is 0 Å². The zero-order valence-corrected chi connectivity index (χ0v) is 14.9. The second-order valence-electron chi connectivity index (χ2n) is 5.16. The summed E-state index contributed by atoms with van der Waals surface area (Å²) in [5.41, 5.74) is 3.34. The van der Waals surface area contributed by atoms with E-state index in [2.05, 4.69) is 48.1 Å². The summed E-state index contributed by atoms with van der Waals surface area (Å²) in [5.74, 6) is 0.502. The van der Waals surface area contributed by atoms with Crippen molar-refractivity contribution in [3.8, 4) is 0 Å². The van der Waals surface area contributed by atoms with E-state index in [4.69, 9.17) is 9.81 Å². The zero-order valence-electron chi connectivity index (χ0n) is 12.9. The van der Waals surface area contributed by atoms with Crippen molar-refractivity contribution in [1.29, 1.82) is 0 Å². The van der Waals surface area contributed by atoms with E-state index in [1.807, 2.05) is 18.5 Å². The van der Waals surface area contributed by atoms with Crippen LogP contribution in [0, 0.1) is 9.81 Å². The number of nitrogens with zero attached hydrogens (tertiary/aromatic N) is 4. The summed E-state index contributed by atoms with van der Waals surface area (Å²) in [5, 5.41) is 2.36. The molecule has 6 nitrogen and oxygen atoms in total. The van der Waals surface area contributed by atoms with Gasteiger partial charge in [0.15, 0.2) is 0 Å². The molecule has 0 fully saturated rings. The van der Waals surface area contributed by atoms with Gasteiger partial charge in [0.2, 0.25) is 0 Å². The fraction of sp³-hybridized carbons (Fsp3) is 0.200. The Balaban J connectivity index is 0.000000256. The summed E-state index contributed by atoms with van der Waals surface area (Å²) in [6.07, 6.45) is 3.71. The molecule has 126 valence electrons. The number of hydrogen-bond acceptors (Lipinski definition) is 6. The predicted octanol–water partition coefficient (Wildman–Crippen LogP) is 5.18. The molecular weight excluding hydrogens is 402 g/mol. The molecule has 0 aliphatic carbocycles. The number of halogens is 2. The van der Waals surface area contributed by atoms with Gasteiger partial charge in [-0.2, -0.15) is 0 Å². The molecule has 9 heteroatoms. The van der Waals surface area contributed by atoms with Crippen molar-refractivity contribution in [3.63, 3.8) is 0 Å². The Morgan fingerprint density at radius 3 is 2.21 bits per heavy atom. The van der Waals surface area contributed by atoms with Crippen LogP contribution in [0.3, 0.4) is 0 Å². The average Bonchev–Trinajstić information content (AvgIpc) is 2.61. The van der Waals surface area contributed by atoms with Crippen molar-refractivity contribution < 1.29 is 23.9 Å². The Morgan fingerprint density at radius 2 is 1.62 bits per heavy atom. The normalized spacial score (nSPS) is 11.9. The Morgan fingerprint density at radius 1 is 0.958 bits per heavy atom. The molecule has 0 atom stereocenters. The van der Waals surface area contributed by atoms with Crippen molar-refractivity contribution in [2.24, 2.45) is 7.47 Å². The molecule has 1 aromatic carbocycles. The first-order valence-electron chi connectivity index (χ1n) is 6.93. The molecule has 0 spiro atoms. The van der Waals surface area contributed by atoms with E-state index in [9.17, 15) is 6.32 Å². The van der Waals surface area contributed by atoms with Crippen LogP contribution in [0.4, 0.5) is 6.32 Å². The molecule has 3 rings (SSSR count). The van der Waals surface area contributed by atoms with Gasteiger partial charge in [-0.3, -0.25) is 9.97 Å². The minimum atomic E-state index is -5.97. The first-order chi connectivity index (χ1) is 11.4. The molecule has 0 radical (unpaired) electrons. The third-order valence-electron chi connectivity index (χ3n) is 3.32. The molecule has 0 amide bonds.